The van der Waals surface area contributed by atoms with Crippen LogP contribution in [-0.4, -0.2) is 86.4 Å². The van der Waals surface area contributed by atoms with Gasteiger partial charge >= 0.3 is 0 Å². The number of benzene rings is 1. The van der Waals surface area contributed by atoms with Crippen LogP contribution in [0.5, 0.6) is 0 Å². The molecule has 0 radical (unpaired) electrons. The molecule has 0 atom stereocenters. The molecule has 0 saturated heterocycles. The summed E-state index contributed by atoms with van der Waals surface area (Å²) in [5.74, 6) is 0. The molecule has 0 saturated carbocycles. The van der Waals surface area contributed by atoms with Crippen molar-refractivity contribution < 1.29 is 33.0 Å². The third-order valence-corrected chi connectivity index (χ3v) is 6.34. The van der Waals surface area contributed by atoms with Crippen LogP contribution in [0.2, 0.25) is 0 Å². The number of hydrogen-bond acceptors (Lipinski definition) is 8. The molecule has 8 nitrogen and oxygen atoms in total. The average molecular weight is 522 g/mol. The molecule has 0 aromatic heterocycles. The molecule has 9 heteroatoms. The molecular weight excluding hydrogens is 470 g/mol. The van der Waals surface area contributed by atoms with E-state index in [4.69, 9.17) is 24.6 Å². The number of hydrogen-bond donors (Lipinski definition) is 4. The first-order valence-electron chi connectivity index (χ1n) is 13.0. The van der Waals surface area contributed by atoms with Crippen molar-refractivity contribution in [2.75, 3.05) is 52.7 Å². The van der Waals surface area contributed by atoms with E-state index in [1.54, 1.807) is 42.2 Å². The molecule has 35 heavy (non-hydrogen) atoms. The first-order chi connectivity index (χ1) is 16.9. The topological polar surface area (TPSA) is 128 Å². The van der Waals surface area contributed by atoms with Crippen molar-refractivity contribution in [3.05, 3.63) is 30.3 Å². The van der Waals surface area contributed by atoms with Gasteiger partial charge in [0.1, 0.15) is 0 Å². The summed E-state index contributed by atoms with van der Waals surface area (Å²) >= 11 is 0. The smallest absolute Gasteiger partial charge is 0.296 e. The Labute approximate surface area is 214 Å². The fourth-order valence-electron chi connectivity index (χ4n) is 3.17. The van der Waals surface area contributed by atoms with E-state index < -0.39 is 10.1 Å². The van der Waals surface area contributed by atoms with Crippen LogP contribution in [0.25, 0.3) is 0 Å². The van der Waals surface area contributed by atoms with Crippen molar-refractivity contribution in [2.45, 2.75) is 83.0 Å². The summed E-state index contributed by atoms with van der Waals surface area (Å²) in [6.07, 6.45) is 12.3. The summed E-state index contributed by atoms with van der Waals surface area (Å²) in [5.41, 5.74) is 0. The van der Waals surface area contributed by atoms with Crippen LogP contribution in [0.1, 0.15) is 78.1 Å². The van der Waals surface area contributed by atoms with Crippen LogP contribution in [0.3, 0.4) is 0 Å². The summed E-state index contributed by atoms with van der Waals surface area (Å²) in [6, 6.07) is 8.33. The molecule has 0 heterocycles. The second-order valence-corrected chi connectivity index (χ2v) is 9.72. The maximum atomic E-state index is 11.9. The molecule has 0 aliphatic rings. The molecule has 4 N–H and O–H groups in total. The number of nitrogens with zero attached hydrogens (tertiary/aromatic N) is 1. The van der Waals surface area contributed by atoms with Gasteiger partial charge in [-0.3, -0.25) is 9.08 Å². The Hall–Kier alpha value is -1.07. The Bertz CT molecular complexity index is 616. The highest BCUT2D eigenvalue weighted by atomic mass is 32.2. The van der Waals surface area contributed by atoms with Gasteiger partial charge < -0.3 is 20.4 Å². The maximum absolute atomic E-state index is 11.9. The number of aliphatic hydroxyl groups is 4. The maximum Gasteiger partial charge on any atom is 0.296 e. The Morgan fingerprint density at radius 1 is 0.686 bits per heavy atom. The summed E-state index contributed by atoms with van der Waals surface area (Å²) in [7, 11) is -3.57. The lowest BCUT2D eigenvalue weighted by atomic mass is 10.1. The summed E-state index contributed by atoms with van der Waals surface area (Å²) in [4.78, 5) is 2.03. The highest BCUT2D eigenvalue weighted by Gasteiger charge is 2.13. The molecule has 1 aromatic carbocycles. The molecule has 0 unspecified atom stereocenters. The minimum atomic E-state index is -3.57. The zero-order valence-corrected chi connectivity index (χ0v) is 22.8. The SMILES string of the molecule is CCCCCCCCCCCCOS(=O)(=O)c1ccccc1.CCO.OCCN(CCO)CCO. The quantitative estimate of drug-likeness (QED) is 0.161. The van der Waals surface area contributed by atoms with Crippen LogP contribution < -0.4 is 0 Å². The van der Waals surface area contributed by atoms with E-state index in [9.17, 15) is 8.42 Å². The van der Waals surface area contributed by atoms with Gasteiger partial charge in [-0.05, 0) is 25.5 Å². The van der Waals surface area contributed by atoms with Gasteiger partial charge in [0.15, 0.2) is 0 Å². The van der Waals surface area contributed by atoms with Gasteiger partial charge in [0.25, 0.3) is 10.1 Å². The van der Waals surface area contributed by atoms with Crippen LogP contribution >= 0.6 is 0 Å². The predicted molar refractivity (Wildman–Crippen MR) is 142 cm³/mol. The van der Waals surface area contributed by atoms with Crippen LogP contribution in [0.4, 0.5) is 0 Å². The fourth-order valence-corrected chi connectivity index (χ4v) is 4.14. The highest BCUT2D eigenvalue weighted by Crippen LogP contribution is 2.13. The molecule has 208 valence electrons. The minimum absolute atomic E-state index is 0.0694. The first kappa shape index (κ1) is 36.1. The van der Waals surface area contributed by atoms with E-state index in [0.717, 1.165) is 12.8 Å². The lowest BCUT2D eigenvalue weighted by Crippen LogP contribution is -2.32. The van der Waals surface area contributed by atoms with E-state index in [1.807, 2.05) is 0 Å². The van der Waals surface area contributed by atoms with Gasteiger partial charge in [0.05, 0.1) is 31.3 Å². The average Bonchev–Trinajstić information content (AvgIpc) is 2.84. The van der Waals surface area contributed by atoms with E-state index in [-0.39, 0.29) is 37.9 Å². The van der Waals surface area contributed by atoms with Crippen LogP contribution in [0, 0.1) is 0 Å². The lowest BCUT2D eigenvalue weighted by Gasteiger charge is -2.17. The monoisotopic (exact) mass is 521 g/mol. The van der Waals surface area contributed by atoms with Gasteiger partial charge in [-0.15, -0.1) is 0 Å². The van der Waals surface area contributed by atoms with Crippen molar-refractivity contribution in [3.63, 3.8) is 0 Å². The van der Waals surface area contributed by atoms with Crippen molar-refractivity contribution >= 4 is 10.1 Å². The zero-order valence-electron chi connectivity index (χ0n) is 22.0. The van der Waals surface area contributed by atoms with Crippen molar-refractivity contribution in [1.29, 1.82) is 0 Å². The second kappa shape index (κ2) is 27.5. The Morgan fingerprint density at radius 2 is 1.09 bits per heavy atom. The molecular formula is C26H51NO7S. The van der Waals surface area contributed by atoms with Crippen molar-refractivity contribution in [3.8, 4) is 0 Å². The second-order valence-electron chi connectivity index (χ2n) is 8.10. The molecule has 0 aliphatic carbocycles. The Kier molecular flexibility index (Phi) is 28.4. The minimum Gasteiger partial charge on any atom is -0.397 e. The molecule has 0 fully saturated rings. The summed E-state index contributed by atoms with van der Waals surface area (Å²) in [5, 5.41) is 33.0. The number of rotatable bonds is 19. The normalized spacial score (nSPS) is 10.9. The third-order valence-electron chi connectivity index (χ3n) is 5.02. The van der Waals surface area contributed by atoms with E-state index in [0.29, 0.717) is 19.6 Å². The van der Waals surface area contributed by atoms with Gasteiger partial charge in [-0.2, -0.15) is 8.42 Å². The zero-order chi connectivity index (χ0) is 26.6. The Balaban J connectivity index is 0. The largest absolute Gasteiger partial charge is 0.397 e. The van der Waals surface area contributed by atoms with Gasteiger partial charge in [0, 0.05) is 26.2 Å². The van der Waals surface area contributed by atoms with Crippen molar-refractivity contribution in [1.82, 2.24) is 4.90 Å². The predicted octanol–water partition coefficient (Wildman–Crippen LogP) is 3.58. The third kappa shape index (κ3) is 24.4. The fraction of sp³-hybridized carbons (Fsp3) is 0.769. The standard InChI is InChI=1S/C18H30O3S.C6H15NO3.C2H6O/c1-2-3-4-5-6-7-8-9-10-14-17-21-22(19,20)18-15-12-11-13-16-18;8-4-1-7(2-5-9)3-6-10;1-2-3/h11-13,15-16H,2-10,14,17H2,1H3;8-10H,1-6H2;3H,2H2,1H3. The molecule has 0 aliphatic heterocycles. The van der Waals surface area contributed by atoms with Crippen LogP contribution in [0.15, 0.2) is 35.2 Å². The van der Waals surface area contributed by atoms with E-state index in [2.05, 4.69) is 6.92 Å². The molecule has 1 aromatic rings. The Morgan fingerprint density at radius 3 is 1.49 bits per heavy atom. The first-order valence-corrected chi connectivity index (χ1v) is 14.4. The van der Waals surface area contributed by atoms with Crippen molar-refractivity contribution in [2.24, 2.45) is 0 Å². The molecule has 0 spiro atoms. The lowest BCUT2D eigenvalue weighted by molar-refractivity contribution is 0.136. The number of aliphatic hydroxyl groups excluding tert-OH is 4. The van der Waals surface area contributed by atoms with Gasteiger partial charge in [-0.1, -0.05) is 82.9 Å². The molecule has 0 amide bonds. The summed E-state index contributed by atoms with van der Waals surface area (Å²) < 4.78 is 28.8. The van der Waals surface area contributed by atoms with Crippen LogP contribution in [-0.2, 0) is 14.3 Å². The molecule has 1 rings (SSSR count). The number of unbranched alkanes of at least 4 members (excludes halogenated alkanes) is 9. The molecule has 0 bridgehead atoms. The van der Waals surface area contributed by atoms with Gasteiger partial charge in [-0.25, -0.2) is 0 Å². The summed E-state index contributed by atoms with van der Waals surface area (Å²) in [6.45, 7) is 6.21. The van der Waals surface area contributed by atoms with E-state index in [1.165, 1.54) is 51.4 Å². The van der Waals surface area contributed by atoms with E-state index >= 15 is 0 Å². The van der Waals surface area contributed by atoms with Gasteiger partial charge in [0.2, 0.25) is 0 Å². The highest BCUT2D eigenvalue weighted by molar-refractivity contribution is 7.86.